The number of nitrogens with two attached hydrogens (primary N) is 1. The van der Waals surface area contributed by atoms with Crippen LogP contribution in [0.3, 0.4) is 0 Å². The number of likely N-dealkylation sites (tertiary alicyclic amines) is 1. The number of fused-ring (bicyclic) bond motifs is 2. The molecule has 0 radical (unpaired) electrons. The van der Waals surface area contributed by atoms with E-state index in [1.807, 2.05) is 45.0 Å². The Morgan fingerprint density at radius 3 is 2.27 bits per heavy atom. The second kappa shape index (κ2) is 24.4. The number of hydrogen-bond donors (Lipinski definition) is 6. The third-order valence-electron chi connectivity index (χ3n) is 12.0. The molecule has 3 saturated heterocycles. The van der Waals surface area contributed by atoms with Gasteiger partial charge in [-0.15, -0.1) is 0 Å². The Kier molecular flexibility index (Phi) is 19.5. The number of nitrogens with one attached hydrogen (secondary N) is 5. The summed E-state index contributed by atoms with van der Waals surface area (Å²) in [5, 5.41) is 19.6. The van der Waals surface area contributed by atoms with Crippen molar-refractivity contribution >= 4 is 46.3 Å². The zero-order valence-electron chi connectivity index (χ0n) is 36.0. The van der Waals surface area contributed by atoms with Crippen LogP contribution in [0.1, 0.15) is 123 Å². The zero-order valence-corrected chi connectivity index (χ0v) is 36.0. The van der Waals surface area contributed by atoms with Gasteiger partial charge in [0.15, 0.2) is 5.96 Å². The SMILES string of the molecule is CCC(=O)CCCCC[C@@H]1NC(=O)[C@H]2CCCCN2C(=O)[C@H]([C@@H](C)CC)NC(=O)[C@H](Cc2cn(OC)c3ccccc23)NC1=O.N=C(N)NCCN1CCCCCCC1. The molecule has 4 heterocycles. The molecule has 2 aromatic rings. The van der Waals surface area contributed by atoms with E-state index in [0.29, 0.717) is 51.5 Å². The summed E-state index contributed by atoms with van der Waals surface area (Å²) in [7, 11) is 1.56. The zero-order chi connectivity index (χ0) is 42.7. The summed E-state index contributed by atoms with van der Waals surface area (Å²) in [5.74, 6) is -1.42. The van der Waals surface area contributed by atoms with E-state index in [1.54, 1.807) is 22.9 Å². The smallest absolute Gasteiger partial charge is 0.246 e. The third-order valence-corrected chi connectivity index (χ3v) is 12.0. The van der Waals surface area contributed by atoms with Crippen LogP contribution < -0.4 is 31.8 Å². The fourth-order valence-electron chi connectivity index (χ4n) is 8.26. The van der Waals surface area contributed by atoms with Crippen LogP contribution in [-0.4, -0.2) is 114 Å². The largest absolute Gasteiger partial charge is 0.417 e. The Labute approximate surface area is 350 Å². The van der Waals surface area contributed by atoms with Crippen molar-refractivity contribution in [3.63, 3.8) is 0 Å². The number of rotatable bonds is 15. The first-order chi connectivity index (χ1) is 28.5. The van der Waals surface area contributed by atoms with Gasteiger partial charge in [-0.25, -0.2) is 0 Å². The molecule has 3 aliphatic rings. The number of Topliss-reactive ketones (excluding diaryl/α,β-unsaturated/α-hetero) is 1. The monoisotopic (exact) mass is 822 g/mol. The second-order valence-corrected chi connectivity index (χ2v) is 16.4. The summed E-state index contributed by atoms with van der Waals surface area (Å²) in [4.78, 5) is 77.0. The fraction of sp³-hybridized carbons (Fsp3) is 0.682. The molecule has 3 fully saturated rings. The topological polar surface area (TPSA) is 204 Å². The minimum absolute atomic E-state index is 0.0806. The van der Waals surface area contributed by atoms with Crippen LogP contribution in [0, 0.1) is 11.3 Å². The van der Waals surface area contributed by atoms with Crippen LogP contribution in [0.4, 0.5) is 0 Å². The number of carbonyl (C=O) groups excluding carboxylic acids is 5. The second-order valence-electron chi connectivity index (χ2n) is 16.4. The van der Waals surface area contributed by atoms with Crippen LogP contribution >= 0.6 is 0 Å². The molecule has 0 bridgehead atoms. The standard InChI is InChI=1S/C34H49N5O6.C10H22N4/c1-5-22(3)30-34(44)38-19-13-12-18-29(38)33(43)35-26(16-9-7-8-14-24(40)6-2)31(41)36-27(32(42)37-30)20-23-21-39(45-4)28-17-11-10-15-25(23)28;11-10(12)13-6-9-14-7-4-2-1-3-5-8-14/h10-11,15,17,21-22,26-27,29-30H,5-9,12-14,16,18-20H2,1-4H3,(H,35,43)(H,36,41)(H,37,42);1-9H2,(H4,11,12,13)/t22-,26-,27-,29+,30-;/m0./s1. The van der Waals surface area contributed by atoms with E-state index in [-0.39, 0.29) is 35.9 Å². The first kappa shape index (κ1) is 47.0. The lowest BCUT2D eigenvalue weighted by atomic mass is 9.93. The van der Waals surface area contributed by atoms with Gasteiger partial charge < -0.3 is 41.6 Å². The van der Waals surface area contributed by atoms with Gasteiger partial charge in [0.2, 0.25) is 23.6 Å². The molecule has 328 valence electrons. The van der Waals surface area contributed by atoms with Crippen molar-refractivity contribution in [2.75, 3.05) is 39.8 Å². The highest BCUT2D eigenvalue weighted by Crippen LogP contribution is 2.25. The van der Waals surface area contributed by atoms with Gasteiger partial charge in [-0.3, -0.25) is 29.4 Å². The maximum absolute atomic E-state index is 14.0. The molecule has 4 amide bonds. The summed E-state index contributed by atoms with van der Waals surface area (Å²) in [5.41, 5.74) is 6.84. The Hall–Kier alpha value is -4.66. The van der Waals surface area contributed by atoms with Crippen LogP contribution in [-0.2, 0) is 30.4 Å². The average molecular weight is 822 g/mol. The van der Waals surface area contributed by atoms with Crippen LogP contribution in [0.2, 0.25) is 0 Å². The molecule has 7 N–H and O–H groups in total. The van der Waals surface area contributed by atoms with Crippen molar-refractivity contribution in [3.05, 3.63) is 36.0 Å². The number of ketones is 1. The van der Waals surface area contributed by atoms with Crippen molar-refractivity contribution in [1.29, 1.82) is 5.41 Å². The number of aromatic nitrogens is 1. The molecule has 1 aromatic carbocycles. The molecule has 5 atom stereocenters. The number of nitrogens with zero attached hydrogens (tertiary/aromatic N) is 3. The van der Waals surface area contributed by atoms with Gasteiger partial charge in [0, 0.05) is 50.5 Å². The summed E-state index contributed by atoms with van der Waals surface area (Å²) in [6.45, 7) is 10.4. The van der Waals surface area contributed by atoms with Gasteiger partial charge in [0.1, 0.15) is 37.1 Å². The maximum atomic E-state index is 14.0. The van der Waals surface area contributed by atoms with E-state index >= 15 is 0 Å². The Balaban J connectivity index is 0.000000464. The van der Waals surface area contributed by atoms with Crippen LogP contribution in [0.25, 0.3) is 10.9 Å². The summed E-state index contributed by atoms with van der Waals surface area (Å²) >= 11 is 0. The Bertz CT molecular complexity index is 1690. The number of para-hydroxylation sites is 1. The predicted octanol–water partition coefficient (Wildman–Crippen LogP) is 3.80. The molecule has 0 unspecified atom stereocenters. The number of hydrogen-bond acceptors (Lipinski definition) is 8. The number of unbranched alkanes of at least 4 members (excludes halogenated alkanes) is 2. The molecule has 3 aliphatic heterocycles. The molecule has 0 aliphatic carbocycles. The highest BCUT2D eigenvalue weighted by Gasteiger charge is 2.41. The number of amides is 4. The van der Waals surface area contributed by atoms with E-state index in [0.717, 1.165) is 48.8 Å². The quantitative estimate of drug-likeness (QED) is 0.0878. The molecule has 0 spiro atoms. The summed E-state index contributed by atoms with van der Waals surface area (Å²) in [6.07, 6.45) is 14.9. The number of guanidine groups is 1. The van der Waals surface area contributed by atoms with E-state index in [1.165, 1.54) is 45.2 Å². The van der Waals surface area contributed by atoms with Crippen molar-refractivity contribution in [2.24, 2.45) is 11.7 Å². The van der Waals surface area contributed by atoms with Gasteiger partial charge in [0.05, 0.1) is 5.52 Å². The number of carbonyl (C=O) groups is 5. The number of piperidine rings is 1. The van der Waals surface area contributed by atoms with Crippen LogP contribution in [0.5, 0.6) is 0 Å². The first-order valence-electron chi connectivity index (χ1n) is 22.1. The lowest BCUT2D eigenvalue weighted by Gasteiger charge is -2.39. The van der Waals surface area contributed by atoms with Crippen molar-refractivity contribution < 1.29 is 28.8 Å². The van der Waals surface area contributed by atoms with Crippen molar-refractivity contribution in [2.45, 2.75) is 148 Å². The molecule has 1 aromatic heterocycles. The van der Waals surface area contributed by atoms with Gasteiger partial charge in [0.25, 0.3) is 0 Å². The van der Waals surface area contributed by atoms with Gasteiger partial charge in [-0.05, 0) is 75.6 Å². The van der Waals surface area contributed by atoms with E-state index in [9.17, 15) is 24.0 Å². The van der Waals surface area contributed by atoms with Crippen LogP contribution in [0.15, 0.2) is 30.5 Å². The molecule has 15 nitrogen and oxygen atoms in total. The van der Waals surface area contributed by atoms with Gasteiger partial charge >= 0.3 is 0 Å². The van der Waals surface area contributed by atoms with E-state index in [4.69, 9.17) is 16.0 Å². The normalized spacial score (nSPS) is 22.7. The molecular weight excluding hydrogens is 751 g/mol. The van der Waals surface area contributed by atoms with E-state index < -0.39 is 36.0 Å². The minimum atomic E-state index is -1.01. The Morgan fingerprint density at radius 2 is 1.58 bits per heavy atom. The molecule has 0 saturated carbocycles. The molecule has 15 heteroatoms. The van der Waals surface area contributed by atoms with Crippen molar-refractivity contribution in [1.82, 2.24) is 35.8 Å². The van der Waals surface area contributed by atoms with E-state index in [2.05, 4.69) is 26.2 Å². The van der Waals surface area contributed by atoms with Crippen molar-refractivity contribution in [3.8, 4) is 0 Å². The highest BCUT2D eigenvalue weighted by atomic mass is 16.6. The van der Waals surface area contributed by atoms with Gasteiger partial charge in [-0.1, -0.05) is 77.5 Å². The third kappa shape index (κ3) is 14.2. The number of benzene rings is 1. The fourth-order valence-corrected chi connectivity index (χ4v) is 8.26. The molecule has 5 rings (SSSR count). The van der Waals surface area contributed by atoms with Gasteiger partial charge in [-0.2, -0.15) is 4.73 Å². The minimum Gasteiger partial charge on any atom is -0.417 e. The maximum Gasteiger partial charge on any atom is 0.246 e. The Morgan fingerprint density at radius 1 is 0.898 bits per heavy atom. The molecule has 59 heavy (non-hydrogen) atoms. The summed E-state index contributed by atoms with van der Waals surface area (Å²) < 4.78 is 1.62. The molecular formula is C44H71N9O6. The highest BCUT2D eigenvalue weighted by molar-refractivity contribution is 5.98. The average Bonchev–Trinajstić information content (AvgIpc) is 3.58. The lowest BCUT2D eigenvalue weighted by molar-refractivity contribution is -0.147. The predicted molar refractivity (Wildman–Crippen MR) is 231 cm³/mol. The first-order valence-corrected chi connectivity index (χ1v) is 22.1. The lowest BCUT2D eigenvalue weighted by Crippen LogP contribution is -2.64. The summed E-state index contributed by atoms with van der Waals surface area (Å²) in [6, 6.07) is 4.20.